The molecule has 0 aromatic rings. The first-order valence-corrected chi connectivity index (χ1v) is 14.2. The van der Waals surface area contributed by atoms with E-state index in [1.54, 1.807) is 9.80 Å². The van der Waals surface area contributed by atoms with E-state index >= 15 is 0 Å². The second kappa shape index (κ2) is 11.5. The number of carbonyl (C=O) groups excluding carboxylic acids is 3. The summed E-state index contributed by atoms with van der Waals surface area (Å²) < 4.78 is 18.1. The number of morpholine rings is 1. The van der Waals surface area contributed by atoms with Gasteiger partial charge in [0.05, 0.1) is 25.7 Å². The number of allylic oxidation sites excluding steroid dienone is 1. The van der Waals surface area contributed by atoms with Gasteiger partial charge >= 0.3 is 5.97 Å². The van der Waals surface area contributed by atoms with E-state index in [4.69, 9.17) is 14.2 Å². The zero-order valence-electron chi connectivity index (χ0n) is 22.4. The molecule has 5 rings (SSSR count). The molecule has 5 heterocycles. The second-order valence-corrected chi connectivity index (χ2v) is 10.9. The summed E-state index contributed by atoms with van der Waals surface area (Å²) in [6.45, 7) is 7.03. The number of rotatable bonds is 7. The minimum atomic E-state index is -1.28. The Hall–Kier alpha value is -2.27. The topological polar surface area (TPSA) is 109 Å². The number of aliphatic hydroxyl groups is 1. The Kier molecular flexibility index (Phi) is 8.23. The minimum Gasteiger partial charge on any atom is -0.465 e. The molecular weight excluding hydrogens is 490 g/mol. The van der Waals surface area contributed by atoms with Crippen molar-refractivity contribution in [1.29, 1.82) is 0 Å². The van der Waals surface area contributed by atoms with Crippen LogP contribution in [0.5, 0.6) is 0 Å². The lowest BCUT2D eigenvalue weighted by atomic mass is 9.73. The quantitative estimate of drug-likeness (QED) is 0.379. The van der Waals surface area contributed by atoms with Crippen LogP contribution in [0.2, 0.25) is 0 Å². The molecule has 10 heteroatoms. The zero-order valence-corrected chi connectivity index (χ0v) is 22.4. The number of cyclic esters (lactones) is 1. The Morgan fingerprint density at radius 3 is 2.55 bits per heavy atom. The fourth-order valence-corrected chi connectivity index (χ4v) is 6.85. The molecule has 0 aliphatic carbocycles. The van der Waals surface area contributed by atoms with Gasteiger partial charge in [-0.3, -0.25) is 19.3 Å². The van der Waals surface area contributed by atoms with Crippen LogP contribution in [0.15, 0.2) is 24.3 Å². The number of hydrogen-bond acceptors (Lipinski definition) is 8. The summed E-state index contributed by atoms with van der Waals surface area (Å²) >= 11 is 0. The Morgan fingerprint density at radius 2 is 1.79 bits per heavy atom. The van der Waals surface area contributed by atoms with Crippen LogP contribution < -0.4 is 0 Å². The smallest absolute Gasteiger partial charge is 0.313 e. The number of amides is 2. The number of likely N-dealkylation sites (tertiary alicyclic amines) is 1. The lowest BCUT2D eigenvalue weighted by Crippen LogP contribution is -2.57. The third-order valence-corrected chi connectivity index (χ3v) is 8.81. The number of aliphatic hydroxyl groups excluding tert-OH is 1. The molecule has 0 radical (unpaired) electrons. The van der Waals surface area contributed by atoms with Gasteiger partial charge in [0.2, 0.25) is 11.8 Å². The normalized spacial score (nSPS) is 36.9. The maximum Gasteiger partial charge on any atom is 0.313 e. The fraction of sp³-hybridized carbons (Fsp3) is 0.750. The average molecular weight is 532 g/mol. The van der Waals surface area contributed by atoms with Crippen LogP contribution in [-0.2, 0) is 28.6 Å². The Bertz CT molecular complexity index is 964. The van der Waals surface area contributed by atoms with Crippen molar-refractivity contribution in [3.63, 3.8) is 0 Å². The Balaban J connectivity index is 1.52. The molecular formula is C28H41N3O7. The zero-order chi connectivity index (χ0) is 26.8. The van der Waals surface area contributed by atoms with Crippen LogP contribution in [-0.4, -0.2) is 121 Å². The van der Waals surface area contributed by atoms with Gasteiger partial charge in [0, 0.05) is 45.9 Å². The highest BCUT2D eigenvalue weighted by molar-refractivity contribution is 5.99. The van der Waals surface area contributed by atoms with Crippen molar-refractivity contribution < 1.29 is 33.7 Å². The number of nitrogens with zero attached hydrogens (tertiary/aromatic N) is 3. The van der Waals surface area contributed by atoms with E-state index < -0.39 is 35.0 Å². The molecule has 0 bridgehead atoms. The van der Waals surface area contributed by atoms with Crippen LogP contribution in [0.25, 0.3) is 0 Å². The molecule has 5 atom stereocenters. The summed E-state index contributed by atoms with van der Waals surface area (Å²) in [7, 11) is 0. The lowest BCUT2D eigenvalue weighted by Gasteiger charge is -2.39. The SMILES string of the molecule is CC[C@]12/C=C\CCCCOC(=O)[C@H]1[C@H]1C(=O)N(CCCO)C3C(=O)N(CCN4CCOCC4)CC=C[C@@]31O2. The maximum absolute atomic E-state index is 14.3. The number of carbonyl (C=O) groups is 3. The predicted octanol–water partition coefficient (Wildman–Crippen LogP) is 0.744. The van der Waals surface area contributed by atoms with E-state index in [1.165, 1.54) is 0 Å². The molecule has 2 amide bonds. The molecule has 3 saturated heterocycles. The second-order valence-electron chi connectivity index (χ2n) is 10.9. The minimum absolute atomic E-state index is 0.104. The van der Waals surface area contributed by atoms with Crippen molar-refractivity contribution in [3.8, 4) is 0 Å². The van der Waals surface area contributed by atoms with Gasteiger partial charge in [0.25, 0.3) is 0 Å². The predicted molar refractivity (Wildman–Crippen MR) is 138 cm³/mol. The summed E-state index contributed by atoms with van der Waals surface area (Å²) in [6.07, 6.45) is 11.1. The number of hydrogen-bond donors (Lipinski definition) is 1. The van der Waals surface area contributed by atoms with Gasteiger partial charge in [-0.05, 0) is 32.1 Å². The van der Waals surface area contributed by atoms with E-state index in [1.807, 2.05) is 31.2 Å². The van der Waals surface area contributed by atoms with Gasteiger partial charge in [-0.25, -0.2) is 0 Å². The third-order valence-electron chi connectivity index (χ3n) is 8.81. The van der Waals surface area contributed by atoms with Crippen molar-refractivity contribution in [2.45, 2.75) is 56.3 Å². The van der Waals surface area contributed by atoms with Crippen LogP contribution in [0.1, 0.15) is 39.0 Å². The Labute approximate surface area is 224 Å². The molecule has 0 aromatic carbocycles. The van der Waals surface area contributed by atoms with Gasteiger partial charge in [-0.15, -0.1) is 0 Å². The molecule has 1 N–H and O–H groups in total. The van der Waals surface area contributed by atoms with Crippen LogP contribution in [0, 0.1) is 11.8 Å². The van der Waals surface area contributed by atoms with Gasteiger partial charge < -0.3 is 29.1 Å². The summed E-state index contributed by atoms with van der Waals surface area (Å²) in [5, 5.41) is 9.57. The number of esters is 1. The van der Waals surface area contributed by atoms with Crippen molar-refractivity contribution in [1.82, 2.24) is 14.7 Å². The number of ether oxygens (including phenoxy) is 3. The molecule has 0 aromatic heterocycles. The largest absolute Gasteiger partial charge is 0.465 e. The van der Waals surface area contributed by atoms with Gasteiger partial charge in [0.1, 0.15) is 23.2 Å². The van der Waals surface area contributed by atoms with E-state index in [0.29, 0.717) is 52.3 Å². The highest BCUT2D eigenvalue weighted by Gasteiger charge is 2.75. The van der Waals surface area contributed by atoms with Crippen LogP contribution >= 0.6 is 0 Å². The molecule has 0 saturated carbocycles. The van der Waals surface area contributed by atoms with Gasteiger partial charge in [-0.1, -0.05) is 31.2 Å². The van der Waals surface area contributed by atoms with Crippen molar-refractivity contribution in [2.24, 2.45) is 11.8 Å². The summed E-state index contributed by atoms with van der Waals surface area (Å²) in [4.78, 5) is 47.6. The van der Waals surface area contributed by atoms with Crippen molar-refractivity contribution >= 4 is 17.8 Å². The maximum atomic E-state index is 14.3. The molecule has 38 heavy (non-hydrogen) atoms. The molecule has 10 nitrogen and oxygen atoms in total. The first kappa shape index (κ1) is 27.3. The molecule has 1 unspecified atom stereocenters. The van der Waals surface area contributed by atoms with Crippen LogP contribution in [0.4, 0.5) is 0 Å². The van der Waals surface area contributed by atoms with E-state index in [2.05, 4.69) is 4.90 Å². The van der Waals surface area contributed by atoms with Crippen LogP contribution in [0.3, 0.4) is 0 Å². The monoisotopic (exact) mass is 531 g/mol. The lowest BCUT2D eigenvalue weighted by molar-refractivity contribution is -0.161. The van der Waals surface area contributed by atoms with Crippen molar-refractivity contribution in [2.75, 3.05) is 65.7 Å². The molecule has 1 spiro atoms. The van der Waals surface area contributed by atoms with E-state index in [0.717, 1.165) is 32.4 Å². The average Bonchev–Trinajstić information content (AvgIpc) is 3.28. The Morgan fingerprint density at radius 1 is 0.974 bits per heavy atom. The summed E-state index contributed by atoms with van der Waals surface area (Å²) in [5.41, 5.74) is -2.32. The van der Waals surface area contributed by atoms with Crippen molar-refractivity contribution in [3.05, 3.63) is 24.3 Å². The summed E-state index contributed by atoms with van der Waals surface area (Å²) in [6, 6.07) is -0.905. The number of fused-ring (bicyclic) bond motifs is 2. The van der Waals surface area contributed by atoms with E-state index in [9.17, 15) is 19.5 Å². The van der Waals surface area contributed by atoms with Gasteiger partial charge in [0.15, 0.2) is 0 Å². The van der Waals surface area contributed by atoms with E-state index in [-0.39, 0.29) is 25.0 Å². The highest BCUT2D eigenvalue weighted by atomic mass is 16.6. The first-order chi connectivity index (χ1) is 18.5. The molecule has 5 aliphatic heterocycles. The fourth-order valence-electron chi connectivity index (χ4n) is 6.85. The van der Waals surface area contributed by atoms with Gasteiger partial charge in [-0.2, -0.15) is 0 Å². The molecule has 5 aliphatic rings. The summed E-state index contributed by atoms with van der Waals surface area (Å²) in [5.74, 6) is -2.62. The first-order valence-electron chi connectivity index (χ1n) is 14.2. The third kappa shape index (κ3) is 4.69. The molecule has 210 valence electrons. The standard InChI is InChI=1S/C28H41N3O7/c1-2-27-9-5-3-4-6-18-37-26(35)22(27)21-24(33)31(12-8-17-32)23-25(34)30(11-7-10-28(21,23)38-27)14-13-29-15-19-36-20-16-29/h5,7,9-10,21-23,32H,2-4,6,8,11-20H2,1H3/b9-5-/t21-,22+,23?,27-,28-/m0/s1. The highest BCUT2D eigenvalue weighted by Crippen LogP contribution is 2.58. The molecule has 3 fully saturated rings.